The van der Waals surface area contributed by atoms with Crippen molar-refractivity contribution in [2.45, 2.75) is 32.9 Å². The van der Waals surface area contributed by atoms with Gasteiger partial charge in [0.05, 0.1) is 27.3 Å². The second kappa shape index (κ2) is 9.27. The van der Waals surface area contributed by atoms with Crippen LogP contribution in [-0.4, -0.2) is 56.6 Å². The lowest BCUT2D eigenvalue weighted by Crippen LogP contribution is -2.46. The molecule has 0 aliphatic heterocycles. The molecule has 2 amide bonds. The summed E-state index contributed by atoms with van der Waals surface area (Å²) < 4.78 is 10.4. The van der Waals surface area contributed by atoms with Gasteiger partial charge in [0.25, 0.3) is 0 Å². The molecule has 0 aromatic heterocycles. The Morgan fingerprint density at radius 1 is 1.04 bits per heavy atom. The number of hydrogen-bond donors (Lipinski definition) is 2. The van der Waals surface area contributed by atoms with Crippen LogP contribution in [0.3, 0.4) is 0 Å². The standard InChI is InChI=1S/C18H29N3O4/c1-18(2,3)20-17(23)12-21(4)11-16(22)19-10-13-7-8-14(24-5)15(9-13)25-6/h7-9H,10-12H2,1-6H3,(H,19,22)(H,20,23). The van der Waals surface area contributed by atoms with Crippen molar-refractivity contribution >= 4 is 11.8 Å². The van der Waals surface area contributed by atoms with Crippen molar-refractivity contribution in [2.24, 2.45) is 0 Å². The first-order valence-corrected chi connectivity index (χ1v) is 8.11. The molecule has 7 nitrogen and oxygen atoms in total. The van der Waals surface area contributed by atoms with Gasteiger partial charge < -0.3 is 20.1 Å². The van der Waals surface area contributed by atoms with Gasteiger partial charge in [-0.3, -0.25) is 14.5 Å². The molecule has 2 N–H and O–H groups in total. The highest BCUT2D eigenvalue weighted by molar-refractivity contribution is 5.81. The Morgan fingerprint density at radius 3 is 2.20 bits per heavy atom. The molecule has 0 fully saturated rings. The van der Waals surface area contributed by atoms with E-state index in [4.69, 9.17) is 9.47 Å². The quantitative estimate of drug-likeness (QED) is 0.735. The van der Waals surface area contributed by atoms with Gasteiger partial charge in [-0.05, 0) is 45.5 Å². The molecular weight excluding hydrogens is 322 g/mol. The molecule has 25 heavy (non-hydrogen) atoms. The van der Waals surface area contributed by atoms with Crippen LogP contribution in [0.1, 0.15) is 26.3 Å². The summed E-state index contributed by atoms with van der Waals surface area (Å²) in [4.78, 5) is 25.6. The number of ether oxygens (including phenoxy) is 2. The van der Waals surface area contributed by atoms with Gasteiger partial charge in [0, 0.05) is 12.1 Å². The highest BCUT2D eigenvalue weighted by Crippen LogP contribution is 2.27. The van der Waals surface area contributed by atoms with E-state index >= 15 is 0 Å². The fraction of sp³-hybridized carbons (Fsp3) is 0.556. The van der Waals surface area contributed by atoms with E-state index in [0.717, 1.165) is 5.56 Å². The minimum Gasteiger partial charge on any atom is -0.493 e. The molecular formula is C18H29N3O4. The monoisotopic (exact) mass is 351 g/mol. The van der Waals surface area contributed by atoms with Crippen molar-refractivity contribution in [2.75, 3.05) is 34.4 Å². The number of likely N-dealkylation sites (N-methyl/N-ethyl adjacent to an activating group) is 1. The topological polar surface area (TPSA) is 79.9 Å². The Labute approximate surface area is 149 Å². The van der Waals surface area contributed by atoms with Crippen molar-refractivity contribution < 1.29 is 19.1 Å². The van der Waals surface area contributed by atoms with Gasteiger partial charge >= 0.3 is 0 Å². The van der Waals surface area contributed by atoms with Crippen LogP contribution in [0.2, 0.25) is 0 Å². The Balaban J connectivity index is 2.45. The van der Waals surface area contributed by atoms with Crippen molar-refractivity contribution in [1.82, 2.24) is 15.5 Å². The third-order valence-corrected chi connectivity index (χ3v) is 3.28. The summed E-state index contributed by atoms with van der Waals surface area (Å²) in [6.45, 7) is 6.44. The summed E-state index contributed by atoms with van der Waals surface area (Å²) in [5.41, 5.74) is 0.618. The van der Waals surface area contributed by atoms with Gasteiger partial charge in [-0.2, -0.15) is 0 Å². The number of benzene rings is 1. The van der Waals surface area contributed by atoms with E-state index in [0.29, 0.717) is 18.0 Å². The molecule has 0 aliphatic rings. The van der Waals surface area contributed by atoms with Crippen molar-refractivity contribution in [3.63, 3.8) is 0 Å². The predicted molar refractivity (Wildman–Crippen MR) is 96.8 cm³/mol. The Hall–Kier alpha value is -2.28. The number of methoxy groups -OCH3 is 2. The molecule has 0 atom stereocenters. The number of hydrogen-bond acceptors (Lipinski definition) is 5. The van der Waals surface area contributed by atoms with E-state index in [1.165, 1.54) is 0 Å². The third-order valence-electron chi connectivity index (χ3n) is 3.28. The first kappa shape index (κ1) is 20.8. The number of nitrogens with one attached hydrogen (secondary N) is 2. The zero-order valence-corrected chi connectivity index (χ0v) is 15.9. The molecule has 0 spiro atoms. The van der Waals surface area contributed by atoms with Crippen LogP contribution in [0.15, 0.2) is 18.2 Å². The Morgan fingerprint density at radius 2 is 1.64 bits per heavy atom. The van der Waals surface area contributed by atoms with Crippen LogP contribution < -0.4 is 20.1 Å². The summed E-state index contributed by atoms with van der Waals surface area (Å²) in [7, 11) is 4.88. The summed E-state index contributed by atoms with van der Waals surface area (Å²) in [6.07, 6.45) is 0. The lowest BCUT2D eigenvalue weighted by molar-refractivity contribution is -0.125. The highest BCUT2D eigenvalue weighted by Gasteiger charge is 2.16. The van der Waals surface area contributed by atoms with E-state index in [2.05, 4.69) is 10.6 Å². The molecule has 140 valence electrons. The molecule has 0 radical (unpaired) electrons. The SMILES string of the molecule is COc1ccc(CNC(=O)CN(C)CC(=O)NC(C)(C)C)cc1OC. The molecule has 1 rings (SSSR count). The predicted octanol–water partition coefficient (Wildman–Crippen LogP) is 1.17. The maximum atomic E-state index is 12.0. The first-order valence-electron chi connectivity index (χ1n) is 8.11. The first-order chi connectivity index (χ1) is 11.6. The minimum absolute atomic E-state index is 0.109. The molecule has 1 aromatic rings. The van der Waals surface area contributed by atoms with Gasteiger partial charge in [0.1, 0.15) is 0 Å². The summed E-state index contributed by atoms with van der Waals surface area (Å²) in [6, 6.07) is 5.48. The molecule has 0 saturated carbocycles. The lowest BCUT2D eigenvalue weighted by atomic mass is 10.1. The van der Waals surface area contributed by atoms with Crippen molar-refractivity contribution in [3.8, 4) is 11.5 Å². The third kappa shape index (κ3) is 7.89. The van der Waals surface area contributed by atoms with Gasteiger partial charge in [0.15, 0.2) is 11.5 Å². The molecule has 7 heteroatoms. The zero-order chi connectivity index (χ0) is 19.0. The maximum Gasteiger partial charge on any atom is 0.234 e. The molecule has 0 unspecified atom stereocenters. The second-order valence-electron chi connectivity index (χ2n) is 6.94. The summed E-state index contributed by atoms with van der Waals surface area (Å²) in [5.74, 6) is 0.996. The molecule has 1 aromatic carbocycles. The minimum atomic E-state index is -0.284. The molecule has 0 saturated heterocycles. The Bertz CT molecular complexity index is 596. The lowest BCUT2D eigenvalue weighted by Gasteiger charge is -2.23. The summed E-state index contributed by atoms with van der Waals surface area (Å²) >= 11 is 0. The largest absolute Gasteiger partial charge is 0.493 e. The number of amides is 2. The van der Waals surface area contributed by atoms with Crippen LogP contribution >= 0.6 is 0 Å². The van der Waals surface area contributed by atoms with E-state index in [-0.39, 0.29) is 30.4 Å². The van der Waals surface area contributed by atoms with Crippen LogP contribution in [0, 0.1) is 0 Å². The molecule has 0 heterocycles. The number of nitrogens with zero attached hydrogens (tertiary/aromatic N) is 1. The summed E-state index contributed by atoms with van der Waals surface area (Å²) in [5, 5.41) is 5.70. The smallest absolute Gasteiger partial charge is 0.234 e. The fourth-order valence-electron chi connectivity index (χ4n) is 2.25. The number of carbonyl (C=O) groups is 2. The second-order valence-corrected chi connectivity index (χ2v) is 6.94. The zero-order valence-electron chi connectivity index (χ0n) is 15.9. The van der Waals surface area contributed by atoms with E-state index in [1.54, 1.807) is 32.2 Å². The van der Waals surface area contributed by atoms with Gasteiger partial charge in [-0.1, -0.05) is 6.07 Å². The Kier molecular flexibility index (Phi) is 7.70. The average Bonchev–Trinajstić information content (AvgIpc) is 2.50. The van der Waals surface area contributed by atoms with E-state index in [1.807, 2.05) is 32.9 Å². The normalized spacial score (nSPS) is 11.2. The molecule has 0 aliphatic carbocycles. The highest BCUT2D eigenvalue weighted by atomic mass is 16.5. The van der Waals surface area contributed by atoms with Gasteiger partial charge in [-0.15, -0.1) is 0 Å². The molecule has 0 bridgehead atoms. The fourth-order valence-corrected chi connectivity index (χ4v) is 2.25. The van der Waals surface area contributed by atoms with Crippen LogP contribution in [0.25, 0.3) is 0 Å². The van der Waals surface area contributed by atoms with Crippen LogP contribution in [0.5, 0.6) is 11.5 Å². The van der Waals surface area contributed by atoms with Crippen LogP contribution in [0.4, 0.5) is 0 Å². The van der Waals surface area contributed by atoms with Gasteiger partial charge in [-0.25, -0.2) is 0 Å². The van der Waals surface area contributed by atoms with E-state index in [9.17, 15) is 9.59 Å². The number of carbonyl (C=O) groups excluding carboxylic acids is 2. The van der Waals surface area contributed by atoms with E-state index < -0.39 is 0 Å². The van der Waals surface area contributed by atoms with Gasteiger partial charge in [0.2, 0.25) is 11.8 Å². The maximum absolute atomic E-state index is 12.0. The number of rotatable bonds is 8. The van der Waals surface area contributed by atoms with Crippen LogP contribution in [-0.2, 0) is 16.1 Å². The van der Waals surface area contributed by atoms with Crippen molar-refractivity contribution in [3.05, 3.63) is 23.8 Å². The van der Waals surface area contributed by atoms with Crippen molar-refractivity contribution in [1.29, 1.82) is 0 Å². The average molecular weight is 351 g/mol.